The summed E-state index contributed by atoms with van der Waals surface area (Å²) >= 11 is 3.12. The van der Waals surface area contributed by atoms with Gasteiger partial charge in [-0.05, 0) is 47.9 Å². The molecule has 0 bridgehead atoms. The minimum Gasteiger partial charge on any atom is -0.353 e. The zero-order valence-electron chi connectivity index (χ0n) is 19.5. The van der Waals surface area contributed by atoms with E-state index in [4.69, 9.17) is 0 Å². The number of nitrogens with one attached hydrogen (secondary N) is 2. The average molecular weight is 519 g/mol. The van der Waals surface area contributed by atoms with E-state index in [1.807, 2.05) is 35.8 Å². The molecule has 2 aromatic carbocycles. The van der Waals surface area contributed by atoms with Gasteiger partial charge in [-0.3, -0.25) is 4.79 Å². The Labute approximate surface area is 215 Å². The fourth-order valence-corrected chi connectivity index (χ4v) is 6.08. The predicted molar refractivity (Wildman–Crippen MR) is 143 cm³/mol. The van der Waals surface area contributed by atoms with E-state index in [1.54, 1.807) is 36.7 Å². The van der Waals surface area contributed by atoms with Crippen LogP contribution in [0.3, 0.4) is 0 Å². The van der Waals surface area contributed by atoms with Crippen LogP contribution in [-0.2, 0) is 11.3 Å². The standard InChI is InChI=1S/C26H23FN6OS2/c1-15-2-4-17(9-19(15)27)23-10-18-24(30-13-31-26(18)36-23)33-7-6-28-21(12-33)25(34)29-11-16-3-5-22-20(8-16)32-14-35-22/h2-5,8-10,13-14,21,28H,6-7,11-12H2,1H3,(H,29,34)/t21-/m0/s1. The van der Waals surface area contributed by atoms with Crippen LogP contribution < -0.4 is 15.5 Å². The molecule has 1 aliphatic heterocycles. The third kappa shape index (κ3) is 4.43. The molecule has 2 N–H and O–H groups in total. The normalized spacial score (nSPS) is 16.1. The van der Waals surface area contributed by atoms with Crippen LogP contribution in [0.15, 0.2) is 54.3 Å². The molecular weight excluding hydrogens is 495 g/mol. The quantitative estimate of drug-likeness (QED) is 0.356. The highest BCUT2D eigenvalue weighted by molar-refractivity contribution is 7.22. The van der Waals surface area contributed by atoms with Crippen LogP contribution in [0.25, 0.3) is 30.9 Å². The van der Waals surface area contributed by atoms with Crippen LogP contribution >= 0.6 is 22.7 Å². The summed E-state index contributed by atoms with van der Waals surface area (Å²) in [6.45, 7) is 4.08. The van der Waals surface area contributed by atoms with Gasteiger partial charge in [0.2, 0.25) is 5.91 Å². The fourth-order valence-electron chi connectivity index (χ4n) is 4.43. The van der Waals surface area contributed by atoms with Gasteiger partial charge in [-0.25, -0.2) is 19.3 Å². The molecule has 3 aromatic heterocycles. The van der Waals surface area contributed by atoms with Crippen molar-refractivity contribution in [1.29, 1.82) is 0 Å². The van der Waals surface area contributed by atoms with Gasteiger partial charge in [0.05, 0.1) is 21.1 Å². The number of benzene rings is 2. The van der Waals surface area contributed by atoms with Gasteiger partial charge in [-0.1, -0.05) is 18.2 Å². The number of anilines is 1. The molecule has 0 unspecified atom stereocenters. The molecule has 1 atom stereocenters. The lowest BCUT2D eigenvalue weighted by atomic mass is 10.1. The molecule has 0 saturated carbocycles. The number of fused-ring (bicyclic) bond motifs is 2. The van der Waals surface area contributed by atoms with Crippen molar-refractivity contribution in [1.82, 2.24) is 25.6 Å². The topological polar surface area (TPSA) is 83.0 Å². The number of thiophene rings is 1. The van der Waals surface area contributed by atoms with Crippen LogP contribution in [-0.4, -0.2) is 46.5 Å². The van der Waals surface area contributed by atoms with Gasteiger partial charge in [-0.2, -0.15) is 0 Å². The Morgan fingerprint density at radius 3 is 3.00 bits per heavy atom. The van der Waals surface area contributed by atoms with Crippen molar-refractivity contribution < 1.29 is 9.18 Å². The van der Waals surface area contributed by atoms with E-state index in [0.29, 0.717) is 25.2 Å². The number of carbonyl (C=O) groups excluding carboxylic acids is 1. The molecule has 1 saturated heterocycles. The van der Waals surface area contributed by atoms with Gasteiger partial charge in [0.15, 0.2) is 0 Å². The number of carbonyl (C=O) groups is 1. The smallest absolute Gasteiger partial charge is 0.239 e. The Bertz CT molecular complexity index is 1580. The molecule has 0 aliphatic carbocycles. The Morgan fingerprint density at radius 1 is 1.19 bits per heavy atom. The van der Waals surface area contributed by atoms with Crippen LogP contribution in [0.4, 0.5) is 10.2 Å². The Kier molecular flexibility index (Phi) is 6.08. The van der Waals surface area contributed by atoms with Crippen molar-refractivity contribution in [2.45, 2.75) is 19.5 Å². The molecule has 7 nitrogen and oxygen atoms in total. The summed E-state index contributed by atoms with van der Waals surface area (Å²) in [6.07, 6.45) is 1.55. The first-order valence-corrected chi connectivity index (χ1v) is 13.3. The molecule has 36 heavy (non-hydrogen) atoms. The van der Waals surface area contributed by atoms with E-state index in [9.17, 15) is 9.18 Å². The SMILES string of the molecule is Cc1ccc(-c2cc3c(N4CCN[C@H](C(=O)NCc5ccc6scnc6c5)C4)ncnc3s2)cc1F. The van der Waals surface area contributed by atoms with Crippen molar-refractivity contribution in [3.8, 4) is 10.4 Å². The number of aromatic nitrogens is 3. The van der Waals surface area contributed by atoms with Crippen molar-refractivity contribution >= 4 is 54.8 Å². The number of piperazine rings is 1. The lowest BCUT2D eigenvalue weighted by Gasteiger charge is -2.34. The van der Waals surface area contributed by atoms with Gasteiger partial charge in [0.25, 0.3) is 0 Å². The number of hydrogen-bond acceptors (Lipinski definition) is 8. The van der Waals surface area contributed by atoms with Gasteiger partial charge < -0.3 is 15.5 Å². The first kappa shape index (κ1) is 23.0. The minimum atomic E-state index is -0.365. The van der Waals surface area contributed by atoms with E-state index >= 15 is 0 Å². The fraction of sp³-hybridized carbons (Fsp3) is 0.231. The average Bonchev–Trinajstić information content (AvgIpc) is 3.55. The van der Waals surface area contributed by atoms with Crippen LogP contribution in [0.1, 0.15) is 11.1 Å². The molecule has 4 heterocycles. The first-order chi connectivity index (χ1) is 17.5. The molecule has 0 spiro atoms. The minimum absolute atomic E-state index is 0.0514. The summed E-state index contributed by atoms with van der Waals surface area (Å²) in [5.41, 5.74) is 5.23. The van der Waals surface area contributed by atoms with Crippen molar-refractivity contribution in [2.24, 2.45) is 0 Å². The van der Waals surface area contributed by atoms with E-state index in [0.717, 1.165) is 48.8 Å². The van der Waals surface area contributed by atoms with Gasteiger partial charge in [0, 0.05) is 31.1 Å². The molecule has 182 valence electrons. The van der Waals surface area contributed by atoms with Crippen molar-refractivity contribution in [3.05, 3.63) is 71.2 Å². The maximum Gasteiger partial charge on any atom is 0.239 e. The molecular formula is C26H23FN6OS2. The highest BCUT2D eigenvalue weighted by atomic mass is 32.1. The largest absolute Gasteiger partial charge is 0.353 e. The highest BCUT2D eigenvalue weighted by Gasteiger charge is 2.27. The molecule has 1 amide bonds. The number of halogens is 1. The second kappa shape index (κ2) is 9.53. The number of rotatable bonds is 5. The maximum atomic E-state index is 14.2. The number of amides is 1. The van der Waals surface area contributed by atoms with Crippen molar-refractivity contribution in [3.63, 3.8) is 0 Å². The molecule has 1 aliphatic rings. The summed E-state index contributed by atoms with van der Waals surface area (Å²) in [7, 11) is 0. The summed E-state index contributed by atoms with van der Waals surface area (Å²) in [6, 6.07) is 13.0. The van der Waals surface area contributed by atoms with Gasteiger partial charge in [-0.15, -0.1) is 22.7 Å². The zero-order chi connectivity index (χ0) is 24.6. The lowest BCUT2D eigenvalue weighted by molar-refractivity contribution is -0.123. The summed E-state index contributed by atoms with van der Waals surface area (Å²) in [5.74, 6) is 0.520. The molecule has 5 aromatic rings. The summed E-state index contributed by atoms with van der Waals surface area (Å²) in [5, 5.41) is 7.29. The van der Waals surface area contributed by atoms with Gasteiger partial charge >= 0.3 is 0 Å². The van der Waals surface area contributed by atoms with Crippen molar-refractivity contribution in [2.75, 3.05) is 24.5 Å². The molecule has 6 rings (SSSR count). The van der Waals surface area contributed by atoms with E-state index in [-0.39, 0.29) is 17.8 Å². The molecule has 1 fully saturated rings. The summed E-state index contributed by atoms with van der Waals surface area (Å²) in [4.78, 5) is 30.3. The lowest BCUT2D eigenvalue weighted by Crippen LogP contribution is -2.57. The highest BCUT2D eigenvalue weighted by Crippen LogP contribution is 2.36. The van der Waals surface area contributed by atoms with Crippen LogP contribution in [0.2, 0.25) is 0 Å². The Balaban J connectivity index is 1.19. The van der Waals surface area contributed by atoms with E-state index in [2.05, 4.69) is 30.5 Å². The third-order valence-electron chi connectivity index (χ3n) is 6.42. The number of aryl methyl sites for hydroxylation is 1. The summed E-state index contributed by atoms with van der Waals surface area (Å²) < 4.78 is 15.3. The molecule has 0 radical (unpaired) electrons. The molecule has 10 heteroatoms. The first-order valence-electron chi connectivity index (χ1n) is 11.6. The van der Waals surface area contributed by atoms with E-state index in [1.165, 1.54) is 11.3 Å². The van der Waals surface area contributed by atoms with Crippen LogP contribution in [0.5, 0.6) is 0 Å². The number of thiazole rings is 1. The monoisotopic (exact) mass is 518 g/mol. The van der Waals surface area contributed by atoms with E-state index < -0.39 is 0 Å². The zero-order valence-corrected chi connectivity index (χ0v) is 21.1. The van der Waals surface area contributed by atoms with Gasteiger partial charge in [0.1, 0.15) is 28.8 Å². The second-order valence-corrected chi connectivity index (χ2v) is 10.7. The predicted octanol–water partition coefficient (Wildman–Crippen LogP) is 4.51. The number of nitrogens with zero attached hydrogens (tertiary/aromatic N) is 4. The number of hydrogen-bond donors (Lipinski definition) is 2. The Hall–Kier alpha value is -3.47. The Morgan fingerprint density at radius 2 is 2.11 bits per heavy atom. The van der Waals surface area contributed by atoms with Crippen LogP contribution in [0, 0.1) is 12.7 Å². The third-order valence-corrected chi connectivity index (χ3v) is 8.32. The second-order valence-electron chi connectivity index (χ2n) is 8.82. The maximum absolute atomic E-state index is 14.2.